The van der Waals surface area contributed by atoms with Crippen molar-refractivity contribution < 1.29 is 0 Å². The molecule has 0 unspecified atom stereocenters. The van der Waals surface area contributed by atoms with Crippen molar-refractivity contribution in [2.24, 2.45) is 5.11 Å². The van der Waals surface area contributed by atoms with E-state index >= 15 is 0 Å². The molecule has 0 aliphatic carbocycles. The Bertz CT molecular complexity index is 1240. The summed E-state index contributed by atoms with van der Waals surface area (Å²) < 4.78 is 0. The number of azide groups is 1. The van der Waals surface area contributed by atoms with Crippen molar-refractivity contribution in [3.63, 3.8) is 0 Å². The minimum Gasteiger partial charge on any atom is -0.351 e. The molecule has 9 nitrogen and oxygen atoms in total. The van der Waals surface area contributed by atoms with Crippen LogP contribution in [0.3, 0.4) is 0 Å². The summed E-state index contributed by atoms with van der Waals surface area (Å²) in [5, 5.41) is 7.10. The Labute approximate surface area is 198 Å². The van der Waals surface area contributed by atoms with Gasteiger partial charge in [0.2, 0.25) is 5.95 Å². The topological polar surface area (TPSA) is 116 Å². The Morgan fingerprint density at radius 2 is 1.59 bits per heavy atom. The summed E-state index contributed by atoms with van der Waals surface area (Å²) in [5.74, 6) is 2.58. The molecule has 1 N–H and O–H groups in total. The maximum atomic E-state index is 8.65. The second kappa shape index (κ2) is 11.4. The van der Waals surface area contributed by atoms with Gasteiger partial charge in [-0.1, -0.05) is 65.8 Å². The number of hydrogen-bond donors (Lipinski definition) is 1. The molecule has 0 aliphatic rings. The molecule has 0 bridgehead atoms. The predicted molar refractivity (Wildman–Crippen MR) is 134 cm³/mol. The van der Waals surface area contributed by atoms with Crippen LogP contribution in [0.25, 0.3) is 21.8 Å². The molecule has 2 aromatic carbocycles. The van der Waals surface area contributed by atoms with Crippen molar-refractivity contribution in [2.75, 3.05) is 23.8 Å². The van der Waals surface area contributed by atoms with Crippen molar-refractivity contribution in [1.29, 1.82) is 0 Å². The summed E-state index contributed by atoms with van der Waals surface area (Å²) in [6.07, 6.45) is 4.88. The molecule has 0 spiro atoms. The van der Waals surface area contributed by atoms with E-state index in [2.05, 4.69) is 37.4 Å². The minimum atomic E-state index is 0.0113. The van der Waals surface area contributed by atoms with Crippen LogP contribution >= 0.6 is 0 Å². The van der Waals surface area contributed by atoms with Gasteiger partial charge >= 0.3 is 0 Å². The second-order valence-electron chi connectivity index (χ2n) is 7.68. The molecule has 0 saturated carbocycles. The third-order valence-corrected chi connectivity index (χ3v) is 5.30. The van der Waals surface area contributed by atoms with E-state index in [-0.39, 0.29) is 6.04 Å². The number of rotatable bonds is 10. The molecule has 0 saturated heterocycles. The fourth-order valence-electron chi connectivity index (χ4n) is 3.55. The van der Waals surface area contributed by atoms with Gasteiger partial charge in [0.1, 0.15) is 11.6 Å². The number of aromatic nitrogens is 4. The molecular formula is C25H25N9. The van der Waals surface area contributed by atoms with Crippen molar-refractivity contribution in [3.8, 4) is 11.4 Å². The Morgan fingerprint density at radius 1 is 0.912 bits per heavy atom. The lowest BCUT2D eigenvalue weighted by Crippen LogP contribution is -2.25. The molecule has 1 atom stereocenters. The lowest BCUT2D eigenvalue weighted by molar-refractivity contribution is 0.650. The SMILES string of the molecule is CN(c1ccnc(N[C@@H](CCN=[N+]=[N-])Cc2ccccc2)n1)c1ccnc(-c2ccccc2)n1. The van der Waals surface area contributed by atoms with Crippen LogP contribution in [0.4, 0.5) is 17.6 Å². The summed E-state index contributed by atoms with van der Waals surface area (Å²) in [5.41, 5.74) is 10.8. The van der Waals surface area contributed by atoms with E-state index in [1.807, 2.05) is 72.6 Å². The Kier molecular flexibility index (Phi) is 7.61. The summed E-state index contributed by atoms with van der Waals surface area (Å²) >= 11 is 0. The zero-order chi connectivity index (χ0) is 23.6. The molecule has 0 radical (unpaired) electrons. The van der Waals surface area contributed by atoms with Gasteiger partial charge in [0.05, 0.1) is 0 Å². The van der Waals surface area contributed by atoms with Crippen molar-refractivity contribution in [3.05, 3.63) is 101 Å². The number of anilines is 3. The first-order valence-corrected chi connectivity index (χ1v) is 11.0. The van der Waals surface area contributed by atoms with Gasteiger partial charge in [-0.25, -0.2) is 15.0 Å². The fraction of sp³-hybridized carbons (Fsp3) is 0.200. The van der Waals surface area contributed by atoms with E-state index in [0.29, 0.717) is 30.6 Å². The van der Waals surface area contributed by atoms with Gasteiger partial charge in [-0.15, -0.1) is 0 Å². The quantitative estimate of drug-likeness (QED) is 0.195. The van der Waals surface area contributed by atoms with Crippen molar-refractivity contribution >= 4 is 17.6 Å². The molecule has 170 valence electrons. The Hall–Kier alpha value is -4.49. The van der Waals surface area contributed by atoms with Crippen molar-refractivity contribution in [1.82, 2.24) is 19.9 Å². The fourth-order valence-corrected chi connectivity index (χ4v) is 3.55. The van der Waals surface area contributed by atoms with Crippen LogP contribution in [0.5, 0.6) is 0 Å². The average molecular weight is 452 g/mol. The summed E-state index contributed by atoms with van der Waals surface area (Å²) in [6.45, 7) is 0.393. The average Bonchev–Trinajstić information content (AvgIpc) is 2.90. The highest BCUT2D eigenvalue weighted by Gasteiger charge is 2.14. The van der Waals surface area contributed by atoms with Crippen LogP contribution < -0.4 is 10.2 Å². The Morgan fingerprint density at radius 3 is 2.32 bits per heavy atom. The molecule has 34 heavy (non-hydrogen) atoms. The monoisotopic (exact) mass is 451 g/mol. The highest BCUT2D eigenvalue weighted by atomic mass is 15.3. The first-order chi connectivity index (χ1) is 16.7. The first-order valence-electron chi connectivity index (χ1n) is 11.0. The zero-order valence-corrected chi connectivity index (χ0v) is 18.9. The minimum absolute atomic E-state index is 0.0113. The first kappa shape index (κ1) is 22.7. The maximum absolute atomic E-state index is 8.65. The van der Waals surface area contributed by atoms with Gasteiger partial charge in [-0.05, 0) is 36.1 Å². The summed E-state index contributed by atoms with van der Waals surface area (Å²) in [4.78, 5) is 23.0. The summed E-state index contributed by atoms with van der Waals surface area (Å²) in [6, 6.07) is 23.7. The highest BCUT2D eigenvalue weighted by molar-refractivity contribution is 5.61. The second-order valence-corrected chi connectivity index (χ2v) is 7.68. The van der Waals surface area contributed by atoms with E-state index in [4.69, 9.17) is 15.5 Å². The van der Waals surface area contributed by atoms with Gasteiger partial charge in [0.25, 0.3) is 0 Å². The van der Waals surface area contributed by atoms with Gasteiger partial charge in [0, 0.05) is 42.5 Å². The van der Waals surface area contributed by atoms with Crippen LogP contribution in [0.15, 0.2) is 90.3 Å². The molecule has 0 aliphatic heterocycles. The number of benzene rings is 2. The molecule has 0 fully saturated rings. The standard InChI is InChI=1S/C25H25N9/c1-34(22-13-15-27-24(31-22)20-10-6-3-7-11-20)23-14-16-28-25(32-23)30-21(12-17-29-33-26)18-19-8-4-2-5-9-19/h2-11,13-16,21H,12,17-18H2,1H3,(H,28,30,32)/t21-/m0/s1. The van der Waals surface area contributed by atoms with E-state index in [1.165, 1.54) is 5.56 Å². The van der Waals surface area contributed by atoms with Crippen LogP contribution in [-0.4, -0.2) is 39.6 Å². The van der Waals surface area contributed by atoms with Gasteiger partial charge < -0.3 is 10.2 Å². The number of nitrogens with zero attached hydrogens (tertiary/aromatic N) is 8. The van der Waals surface area contributed by atoms with Gasteiger partial charge in [-0.2, -0.15) is 4.98 Å². The van der Waals surface area contributed by atoms with E-state index < -0.39 is 0 Å². The maximum Gasteiger partial charge on any atom is 0.224 e. The molecular weight excluding hydrogens is 426 g/mol. The molecule has 4 rings (SSSR count). The molecule has 2 heterocycles. The normalized spacial score (nSPS) is 11.3. The van der Waals surface area contributed by atoms with Gasteiger partial charge in [0.15, 0.2) is 5.82 Å². The lowest BCUT2D eigenvalue weighted by atomic mass is 10.0. The third kappa shape index (κ3) is 6.05. The van der Waals surface area contributed by atoms with Crippen molar-refractivity contribution in [2.45, 2.75) is 18.9 Å². The predicted octanol–water partition coefficient (Wildman–Crippen LogP) is 5.43. The van der Waals surface area contributed by atoms with E-state index in [9.17, 15) is 0 Å². The molecule has 0 amide bonds. The Balaban J connectivity index is 1.52. The zero-order valence-electron chi connectivity index (χ0n) is 18.9. The van der Waals surface area contributed by atoms with Crippen LogP contribution in [0.1, 0.15) is 12.0 Å². The summed E-state index contributed by atoms with van der Waals surface area (Å²) in [7, 11) is 1.91. The van der Waals surface area contributed by atoms with E-state index in [0.717, 1.165) is 17.8 Å². The van der Waals surface area contributed by atoms with Crippen LogP contribution in [0.2, 0.25) is 0 Å². The largest absolute Gasteiger partial charge is 0.351 e. The smallest absolute Gasteiger partial charge is 0.224 e. The van der Waals surface area contributed by atoms with Crippen LogP contribution in [-0.2, 0) is 6.42 Å². The molecule has 9 heteroatoms. The molecule has 4 aromatic rings. The third-order valence-electron chi connectivity index (χ3n) is 5.30. The number of hydrogen-bond acceptors (Lipinski definition) is 7. The number of nitrogens with one attached hydrogen (secondary N) is 1. The lowest BCUT2D eigenvalue weighted by Gasteiger charge is -2.21. The molecule has 2 aromatic heterocycles. The van der Waals surface area contributed by atoms with E-state index in [1.54, 1.807) is 12.4 Å². The highest BCUT2D eigenvalue weighted by Crippen LogP contribution is 2.23. The van der Waals surface area contributed by atoms with Gasteiger partial charge in [-0.3, -0.25) is 0 Å². The van der Waals surface area contributed by atoms with Crippen LogP contribution in [0, 0.1) is 0 Å².